The molecule has 0 unspecified atom stereocenters. The number of benzene rings is 2. The Morgan fingerprint density at radius 3 is 2.36 bits per heavy atom. The standard InChI is InChI=1S/C26H25N3O4/c1-16(2)18-10-13-21-22(15-18)28-24(27-21)17-8-11-19(12-9-17)29-14-6-5-7-20(25(30)32-3)23(29)26(31)33-4/h5-16H,1-4H3,(H,27,28). The predicted octanol–water partition coefficient (Wildman–Crippen LogP) is 4.84. The van der Waals surface area contributed by atoms with Gasteiger partial charge in [0.1, 0.15) is 11.5 Å². The molecule has 7 nitrogen and oxygen atoms in total. The molecule has 7 heteroatoms. The van der Waals surface area contributed by atoms with Gasteiger partial charge < -0.3 is 19.4 Å². The maximum absolute atomic E-state index is 12.6. The summed E-state index contributed by atoms with van der Waals surface area (Å²) in [6.45, 7) is 4.32. The number of anilines is 1. The van der Waals surface area contributed by atoms with Gasteiger partial charge in [-0.3, -0.25) is 0 Å². The first-order valence-corrected chi connectivity index (χ1v) is 10.6. The fourth-order valence-electron chi connectivity index (χ4n) is 3.67. The van der Waals surface area contributed by atoms with Gasteiger partial charge in [-0.1, -0.05) is 26.0 Å². The van der Waals surface area contributed by atoms with Gasteiger partial charge in [-0.15, -0.1) is 0 Å². The lowest BCUT2D eigenvalue weighted by Crippen LogP contribution is -2.26. The van der Waals surface area contributed by atoms with Crippen molar-refractivity contribution in [1.82, 2.24) is 9.97 Å². The Bertz CT molecular complexity index is 1300. The van der Waals surface area contributed by atoms with Crippen LogP contribution in [0.25, 0.3) is 22.4 Å². The second-order valence-corrected chi connectivity index (χ2v) is 7.88. The Balaban J connectivity index is 1.71. The van der Waals surface area contributed by atoms with Crippen LogP contribution < -0.4 is 4.90 Å². The van der Waals surface area contributed by atoms with Crippen molar-refractivity contribution in [3.63, 3.8) is 0 Å². The van der Waals surface area contributed by atoms with Crippen molar-refractivity contribution >= 4 is 28.7 Å². The lowest BCUT2D eigenvalue weighted by molar-refractivity contribution is -0.139. The van der Waals surface area contributed by atoms with Gasteiger partial charge in [0.15, 0.2) is 0 Å². The molecule has 0 atom stereocenters. The third-order valence-electron chi connectivity index (χ3n) is 5.48. The van der Waals surface area contributed by atoms with Crippen molar-refractivity contribution in [1.29, 1.82) is 0 Å². The maximum atomic E-state index is 12.6. The molecule has 0 bridgehead atoms. The number of H-pyrrole nitrogens is 1. The number of imidazole rings is 1. The smallest absolute Gasteiger partial charge is 0.355 e. The Kier molecular flexibility index (Phi) is 6.13. The number of ether oxygens (including phenoxy) is 2. The van der Waals surface area contributed by atoms with Crippen LogP contribution in [-0.2, 0) is 19.1 Å². The number of fused-ring (bicyclic) bond motifs is 1. The van der Waals surface area contributed by atoms with Crippen LogP contribution in [0.4, 0.5) is 5.69 Å². The fourth-order valence-corrected chi connectivity index (χ4v) is 3.67. The molecular formula is C26H25N3O4. The summed E-state index contributed by atoms with van der Waals surface area (Å²) in [4.78, 5) is 34.6. The average Bonchev–Trinajstić information content (AvgIpc) is 3.14. The quantitative estimate of drug-likeness (QED) is 0.568. The van der Waals surface area contributed by atoms with Crippen LogP contribution in [0.15, 0.2) is 78.2 Å². The summed E-state index contributed by atoms with van der Waals surface area (Å²) in [5, 5.41) is 0. The second kappa shape index (κ2) is 9.16. The van der Waals surface area contributed by atoms with Crippen LogP contribution in [0.2, 0.25) is 0 Å². The van der Waals surface area contributed by atoms with Crippen molar-refractivity contribution in [2.45, 2.75) is 19.8 Å². The number of nitrogens with zero attached hydrogens (tertiary/aromatic N) is 2. The van der Waals surface area contributed by atoms with Gasteiger partial charge in [0.2, 0.25) is 0 Å². The molecule has 0 saturated carbocycles. The van der Waals surface area contributed by atoms with E-state index in [0.29, 0.717) is 11.6 Å². The first-order valence-electron chi connectivity index (χ1n) is 10.6. The molecule has 3 aromatic rings. The molecule has 0 saturated heterocycles. The maximum Gasteiger partial charge on any atom is 0.355 e. The van der Waals surface area contributed by atoms with E-state index in [1.165, 1.54) is 25.9 Å². The molecule has 1 aliphatic heterocycles. The van der Waals surface area contributed by atoms with Gasteiger partial charge in [-0.05, 0) is 60.0 Å². The van der Waals surface area contributed by atoms with E-state index in [1.54, 1.807) is 23.3 Å². The van der Waals surface area contributed by atoms with Crippen LogP contribution in [0.3, 0.4) is 0 Å². The highest BCUT2D eigenvalue weighted by Crippen LogP contribution is 2.29. The normalized spacial score (nSPS) is 13.5. The fraction of sp³-hybridized carbons (Fsp3) is 0.192. The number of allylic oxidation sites excluding steroid dienone is 2. The van der Waals surface area contributed by atoms with E-state index >= 15 is 0 Å². The van der Waals surface area contributed by atoms with Crippen LogP contribution in [0.5, 0.6) is 0 Å². The number of methoxy groups -OCH3 is 2. The second-order valence-electron chi connectivity index (χ2n) is 7.88. The minimum atomic E-state index is -0.645. The zero-order valence-electron chi connectivity index (χ0n) is 19.0. The highest BCUT2D eigenvalue weighted by Gasteiger charge is 2.27. The Hall–Kier alpha value is -4.13. The van der Waals surface area contributed by atoms with Gasteiger partial charge in [-0.2, -0.15) is 0 Å². The molecule has 33 heavy (non-hydrogen) atoms. The molecule has 4 rings (SSSR count). The molecule has 2 heterocycles. The van der Waals surface area contributed by atoms with Crippen molar-refractivity contribution < 1.29 is 19.1 Å². The Labute approximate surface area is 192 Å². The largest absolute Gasteiger partial charge is 0.465 e. The molecule has 0 aliphatic carbocycles. The molecule has 1 aromatic heterocycles. The zero-order chi connectivity index (χ0) is 23.5. The van der Waals surface area contributed by atoms with Crippen LogP contribution in [0.1, 0.15) is 25.3 Å². The van der Waals surface area contributed by atoms with Gasteiger partial charge >= 0.3 is 11.9 Å². The summed E-state index contributed by atoms with van der Waals surface area (Å²) in [7, 11) is 2.54. The van der Waals surface area contributed by atoms with Crippen LogP contribution >= 0.6 is 0 Å². The predicted molar refractivity (Wildman–Crippen MR) is 127 cm³/mol. The monoisotopic (exact) mass is 443 g/mol. The highest BCUT2D eigenvalue weighted by molar-refractivity contribution is 6.05. The highest BCUT2D eigenvalue weighted by atomic mass is 16.5. The number of hydrogen-bond donors (Lipinski definition) is 1. The van der Waals surface area contributed by atoms with Gasteiger partial charge in [-0.25, -0.2) is 14.6 Å². The first-order chi connectivity index (χ1) is 15.9. The molecular weight excluding hydrogens is 418 g/mol. The van der Waals surface area contributed by atoms with Crippen LogP contribution in [-0.4, -0.2) is 36.1 Å². The number of nitrogens with one attached hydrogen (secondary N) is 1. The van der Waals surface area contributed by atoms with Crippen molar-refractivity contribution in [3.05, 3.63) is 83.7 Å². The molecule has 1 aliphatic rings. The van der Waals surface area contributed by atoms with E-state index in [-0.39, 0.29) is 11.3 Å². The molecule has 0 radical (unpaired) electrons. The number of carbonyl (C=O) groups is 2. The Morgan fingerprint density at radius 1 is 0.970 bits per heavy atom. The van der Waals surface area contributed by atoms with Gasteiger partial charge in [0.05, 0.1) is 30.8 Å². The molecule has 0 amide bonds. The third-order valence-corrected chi connectivity index (χ3v) is 5.48. The topological polar surface area (TPSA) is 84.5 Å². The average molecular weight is 444 g/mol. The molecule has 168 valence electrons. The zero-order valence-corrected chi connectivity index (χ0v) is 19.0. The van der Waals surface area contributed by atoms with E-state index in [1.807, 2.05) is 30.3 Å². The van der Waals surface area contributed by atoms with E-state index in [9.17, 15) is 9.59 Å². The SMILES string of the molecule is COC(=O)C1=C(C(=O)OC)N(c2ccc(-c3nc4ccc(C(C)C)cc4[nH]3)cc2)C=CC=C1. The summed E-state index contributed by atoms with van der Waals surface area (Å²) >= 11 is 0. The number of aromatic nitrogens is 2. The summed E-state index contributed by atoms with van der Waals surface area (Å²) in [5.74, 6) is -0.0815. The lowest BCUT2D eigenvalue weighted by Gasteiger charge is -2.23. The van der Waals surface area contributed by atoms with Gasteiger partial charge in [0, 0.05) is 17.5 Å². The summed E-state index contributed by atoms with van der Waals surface area (Å²) in [6, 6.07) is 13.8. The lowest BCUT2D eigenvalue weighted by atomic mass is 10.0. The number of carbonyl (C=O) groups excluding carboxylic acids is 2. The third kappa shape index (κ3) is 4.30. The summed E-state index contributed by atoms with van der Waals surface area (Å²) in [5.41, 5.74) is 4.90. The van der Waals surface area contributed by atoms with E-state index < -0.39 is 11.9 Å². The summed E-state index contributed by atoms with van der Waals surface area (Å²) < 4.78 is 9.81. The van der Waals surface area contributed by atoms with E-state index in [4.69, 9.17) is 14.5 Å². The van der Waals surface area contributed by atoms with Crippen molar-refractivity contribution in [2.24, 2.45) is 0 Å². The Morgan fingerprint density at radius 2 is 1.70 bits per heavy atom. The minimum absolute atomic E-state index is 0.0760. The number of aromatic amines is 1. The molecule has 2 aromatic carbocycles. The molecule has 0 fully saturated rings. The molecule has 1 N–H and O–H groups in total. The van der Waals surface area contributed by atoms with Crippen LogP contribution in [0, 0.1) is 0 Å². The van der Waals surface area contributed by atoms with Crippen molar-refractivity contribution in [3.8, 4) is 11.4 Å². The van der Waals surface area contributed by atoms with Crippen molar-refractivity contribution in [2.75, 3.05) is 19.1 Å². The first kappa shape index (κ1) is 22.1. The summed E-state index contributed by atoms with van der Waals surface area (Å²) in [6.07, 6.45) is 6.63. The number of hydrogen-bond acceptors (Lipinski definition) is 6. The van der Waals surface area contributed by atoms with Gasteiger partial charge in [0.25, 0.3) is 0 Å². The minimum Gasteiger partial charge on any atom is -0.465 e. The molecule has 0 spiro atoms. The van der Waals surface area contributed by atoms with E-state index in [2.05, 4.69) is 31.0 Å². The number of rotatable bonds is 5. The number of esters is 2. The van der Waals surface area contributed by atoms with E-state index in [0.717, 1.165) is 22.4 Å².